The van der Waals surface area contributed by atoms with E-state index >= 15 is 0 Å². The van der Waals surface area contributed by atoms with E-state index in [0.717, 1.165) is 0 Å². The van der Waals surface area contributed by atoms with Crippen LogP contribution in [0, 0.1) is 0 Å². The van der Waals surface area contributed by atoms with Gasteiger partial charge in [0, 0.05) is 24.8 Å². The predicted octanol–water partition coefficient (Wildman–Crippen LogP) is 0.469. The van der Waals surface area contributed by atoms with Crippen molar-refractivity contribution in [3.8, 4) is 0 Å². The molecule has 5 heteroatoms. The summed E-state index contributed by atoms with van der Waals surface area (Å²) < 4.78 is 0. The van der Waals surface area contributed by atoms with E-state index in [2.05, 4.69) is 20.2 Å². The minimum absolute atomic E-state index is 0.322. The molecule has 0 aliphatic carbocycles. The Hall–Kier alpha value is -1.91. The maximum Gasteiger partial charge on any atom is 0.219 e. The first-order valence-electron chi connectivity index (χ1n) is 3.36. The van der Waals surface area contributed by atoms with Crippen molar-refractivity contribution in [2.45, 2.75) is 0 Å². The van der Waals surface area contributed by atoms with Crippen molar-refractivity contribution in [2.24, 2.45) is 0 Å². The Bertz CT molecular complexity index is 261. The number of nitrogen functional groups attached to an aromatic ring is 1. The van der Waals surface area contributed by atoms with Crippen molar-refractivity contribution in [2.75, 3.05) is 5.73 Å². The van der Waals surface area contributed by atoms with Gasteiger partial charge in [-0.25, -0.2) is 9.97 Å². The van der Waals surface area contributed by atoms with Crippen molar-refractivity contribution in [1.29, 1.82) is 0 Å². The molecule has 0 saturated carbocycles. The molecule has 2 aromatic heterocycles. The number of nitrogens with one attached hydrogen (secondary N) is 1. The Balaban J connectivity index is 0.000000127. The van der Waals surface area contributed by atoms with Crippen LogP contribution in [0.4, 0.5) is 5.95 Å². The molecule has 3 N–H and O–H groups in total. The zero-order valence-electron chi connectivity index (χ0n) is 6.38. The molecule has 0 radical (unpaired) electrons. The molecule has 2 aromatic rings. The minimum atomic E-state index is 0.322. The molecule has 0 fully saturated rings. The zero-order chi connectivity index (χ0) is 8.65. The normalized spacial score (nSPS) is 8.33. The number of nitrogens with zero attached hydrogens (tertiary/aromatic N) is 3. The van der Waals surface area contributed by atoms with Gasteiger partial charge in [-0.2, -0.15) is 5.10 Å². The lowest BCUT2D eigenvalue weighted by Crippen LogP contribution is -1.90. The number of aromatic nitrogens is 4. The highest BCUT2D eigenvalue weighted by molar-refractivity contribution is 5.11. The van der Waals surface area contributed by atoms with Gasteiger partial charge in [0.25, 0.3) is 0 Å². The van der Waals surface area contributed by atoms with Crippen LogP contribution in [0.2, 0.25) is 0 Å². The Kier molecular flexibility index (Phi) is 3.30. The van der Waals surface area contributed by atoms with Gasteiger partial charge in [0.05, 0.1) is 0 Å². The second-order valence-corrected chi connectivity index (χ2v) is 1.87. The molecule has 0 atom stereocenters. The minimum Gasteiger partial charge on any atom is -0.368 e. The molecule has 0 aliphatic rings. The largest absolute Gasteiger partial charge is 0.368 e. The van der Waals surface area contributed by atoms with Crippen LogP contribution < -0.4 is 5.73 Å². The van der Waals surface area contributed by atoms with Crippen LogP contribution in [-0.4, -0.2) is 20.2 Å². The topological polar surface area (TPSA) is 80.5 Å². The molecule has 2 rings (SSSR count). The molecule has 0 bridgehead atoms. The van der Waals surface area contributed by atoms with Gasteiger partial charge in [-0.15, -0.1) is 0 Å². The maximum absolute atomic E-state index is 5.14. The van der Waals surface area contributed by atoms with Gasteiger partial charge in [0.15, 0.2) is 0 Å². The summed E-state index contributed by atoms with van der Waals surface area (Å²) in [5.41, 5.74) is 5.14. The van der Waals surface area contributed by atoms with Gasteiger partial charge < -0.3 is 5.73 Å². The summed E-state index contributed by atoms with van der Waals surface area (Å²) in [4.78, 5) is 7.29. The van der Waals surface area contributed by atoms with Crippen LogP contribution in [0.3, 0.4) is 0 Å². The fourth-order valence-corrected chi connectivity index (χ4v) is 0.526. The van der Waals surface area contributed by atoms with E-state index < -0.39 is 0 Å². The summed E-state index contributed by atoms with van der Waals surface area (Å²) >= 11 is 0. The molecule has 62 valence electrons. The Labute approximate surface area is 69.7 Å². The SMILES string of the molecule is Nc1ncccn1.c1cn[nH]c1. The highest BCUT2D eigenvalue weighted by Gasteiger charge is 1.75. The van der Waals surface area contributed by atoms with Gasteiger partial charge in [0.2, 0.25) is 5.95 Å². The van der Waals surface area contributed by atoms with Crippen LogP contribution in [0.15, 0.2) is 36.9 Å². The molecule has 5 nitrogen and oxygen atoms in total. The van der Waals surface area contributed by atoms with Crippen molar-refractivity contribution in [3.63, 3.8) is 0 Å². The van der Waals surface area contributed by atoms with E-state index in [1.54, 1.807) is 30.9 Å². The molecule has 0 spiro atoms. The average Bonchev–Trinajstić information content (AvgIpc) is 2.62. The standard InChI is InChI=1S/C4H5N3.C3H4N2/c5-4-6-2-1-3-7-4;1-2-4-5-3-1/h1-3H,(H2,5,6,7);1-3H,(H,4,5). The monoisotopic (exact) mass is 163 g/mol. The summed E-state index contributed by atoms with van der Waals surface area (Å²) in [5, 5.41) is 6.21. The summed E-state index contributed by atoms with van der Waals surface area (Å²) in [7, 11) is 0. The van der Waals surface area contributed by atoms with Crippen LogP contribution in [0.5, 0.6) is 0 Å². The second kappa shape index (κ2) is 4.84. The van der Waals surface area contributed by atoms with E-state index in [-0.39, 0.29) is 0 Å². The fraction of sp³-hybridized carbons (Fsp3) is 0. The van der Waals surface area contributed by atoms with E-state index in [1.807, 2.05) is 6.07 Å². The highest BCUT2D eigenvalue weighted by atomic mass is 15.1. The Morgan fingerprint density at radius 2 is 1.83 bits per heavy atom. The molecule has 0 amide bonds. The molecule has 0 saturated heterocycles. The zero-order valence-corrected chi connectivity index (χ0v) is 6.38. The van der Waals surface area contributed by atoms with Crippen molar-refractivity contribution in [3.05, 3.63) is 36.9 Å². The molecule has 0 aliphatic heterocycles. The molecule has 0 aromatic carbocycles. The molecule has 12 heavy (non-hydrogen) atoms. The second-order valence-electron chi connectivity index (χ2n) is 1.87. The highest BCUT2D eigenvalue weighted by Crippen LogP contribution is 1.81. The number of aromatic amines is 1. The van der Waals surface area contributed by atoms with Gasteiger partial charge >= 0.3 is 0 Å². The Morgan fingerprint density at radius 3 is 2.08 bits per heavy atom. The molecular formula is C7H9N5. The quantitative estimate of drug-likeness (QED) is 0.591. The lowest BCUT2D eigenvalue weighted by atomic mass is 10.7. The van der Waals surface area contributed by atoms with Gasteiger partial charge in [-0.3, -0.25) is 5.10 Å². The third-order valence-corrected chi connectivity index (χ3v) is 0.992. The smallest absolute Gasteiger partial charge is 0.219 e. The van der Waals surface area contributed by atoms with Gasteiger partial charge in [0.1, 0.15) is 0 Å². The van der Waals surface area contributed by atoms with E-state index in [0.29, 0.717) is 5.95 Å². The fourth-order valence-electron chi connectivity index (χ4n) is 0.526. The van der Waals surface area contributed by atoms with Crippen molar-refractivity contribution < 1.29 is 0 Å². The first kappa shape index (κ1) is 8.19. The Morgan fingerprint density at radius 1 is 1.08 bits per heavy atom. The maximum atomic E-state index is 5.14. The summed E-state index contributed by atoms with van der Waals surface area (Å²) in [6, 6.07) is 3.55. The summed E-state index contributed by atoms with van der Waals surface area (Å²) in [6.45, 7) is 0. The first-order valence-corrected chi connectivity index (χ1v) is 3.36. The first-order chi connectivity index (χ1) is 5.89. The third-order valence-electron chi connectivity index (χ3n) is 0.992. The van der Waals surface area contributed by atoms with E-state index in [9.17, 15) is 0 Å². The lowest BCUT2D eigenvalue weighted by molar-refractivity contribution is 1.09. The lowest BCUT2D eigenvalue weighted by Gasteiger charge is -1.82. The predicted molar refractivity (Wildman–Crippen MR) is 45.0 cm³/mol. The molecule has 0 unspecified atom stereocenters. The van der Waals surface area contributed by atoms with Gasteiger partial charge in [-0.05, 0) is 12.1 Å². The summed E-state index contributed by atoms with van der Waals surface area (Å²) in [5.74, 6) is 0.322. The summed E-state index contributed by atoms with van der Waals surface area (Å²) in [6.07, 6.45) is 6.66. The third kappa shape index (κ3) is 3.31. The van der Waals surface area contributed by atoms with E-state index in [4.69, 9.17) is 5.73 Å². The van der Waals surface area contributed by atoms with Crippen LogP contribution in [0.1, 0.15) is 0 Å². The van der Waals surface area contributed by atoms with E-state index in [1.165, 1.54) is 0 Å². The number of hydrogen-bond donors (Lipinski definition) is 2. The van der Waals surface area contributed by atoms with Gasteiger partial charge in [-0.1, -0.05) is 0 Å². The van der Waals surface area contributed by atoms with Crippen LogP contribution in [0.25, 0.3) is 0 Å². The average molecular weight is 163 g/mol. The number of hydrogen-bond acceptors (Lipinski definition) is 4. The number of nitrogens with two attached hydrogens (primary N) is 1. The number of anilines is 1. The number of rotatable bonds is 0. The van der Waals surface area contributed by atoms with Crippen molar-refractivity contribution in [1.82, 2.24) is 20.2 Å². The number of H-pyrrole nitrogens is 1. The van der Waals surface area contributed by atoms with Crippen LogP contribution >= 0.6 is 0 Å². The molecule has 2 heterocycles. The molecular weight excluding hydrogens is 154 g/mol. The van der Waals surface area contributed by atoms with Crippen LogP contribution in [-0.2, 0) is 0 Å². The van der Waals surface area contributed by atoms with Crippen molar-refractivity contribution >= 4 is 5.95 Å².